The van der Waals surface area contributed by atoms with Gasteiger partial charge < -0.3 is 8.92 Å². The fourth-order valence-corrected chi connectivity index (χ4v) is 3.14. The molecule has 0 aromatic rings. The molecule has 2 aliphatic rings. The van der Waals surface area contributed by atoms with Crippen molar-refractivity contribution in [2.75, 3.05) is 0 Å². The average molecular weight is 357 g/mol. The van der Waals surface area contributed by atoms with Gasteiger partial charge in [0, 0.05) is 12.5 Å². The van der Waals surface area contributed by atoms with Crippen LogP contribution in [0.3, 0.4) is 0 Å². The number of hydrogen-bond acceptors (Lipinski definition) is 5. The number of halogens is 3. The van der Waals surface area contributed by atoms with Gasteiger partial charge in [0.05, 0.1) is 6.04 Å². The summed E-state index contributed by atoms with van der Waals surface area (Å²) < 4.78 is 68.7. The van der Waals surface area contributed by atoms with E-state index in [4.69, 9.17) is 4.74 Å². The molecule has 0 aliphatic carbocycles. The van der Waals surface area contributed by atoms with Crippen molar-refractivity contribution in [2.45, 2.75) is 63.2 Å². The Morgan fingerprint density at radius 1 is 1.26 bits per heavy atom. The van der Waals surface area contributed by atoms with E-state index in [0.717, 1.165) is 0 Å². The minimum atomic E-state index is -5.69. The van der Waals surface area contributed by atoms with E-state index in [0.29, 0.717) is 12.8 Å². The van der Waals surface area contributed by atoms with Gasteiger partial charge >= 0.3 is 21.7 Å². The quantitative estimate of drug-likeness (QED) is 0.561. The lowest BCUT2D eigenvalue weighted by atomic mass is 10.1. The number of carbonyl (C=O) groups is 1. The number of alkyl halides is 3. The Labute approximate surface area is 132 Å². The molecule has 2 rings (SSSR count). The summed E-state index contributed by atoms with van der Waals surface area (Å²) in [4.78, 5) is 13.6. The Balaban J connectivity index is 2.14. The van der Waals surface area contributed by atoms with Gasteiger partial charge in [-0.2, -0.15) is 21.6 Å². The summed E-state index contributed by atoms with van der Waals surface area (Å²) in [6, 6.07) is -0.958. The maximum Gasteiger partial charge on any atom is 0.534 e. The highest BCUT2D eigenvalue weighted by molar-refractivity contribution is 7.87. The van der Waals surface area contributed by atoms with Crippen LogP contribution in [-0.4, -0.2) is 42.6 Å². The molecule has 6 nitrogen and oxygen atoms in total. The predicted molar refractivity (Wildman–Crippen MR) is 73.6 cm³/mol. The molecule has 10 heteroatoms. The van der Waals surface area contributed by atoms with Crippen LogP contribution in [0.4, 0.5) is 18.0 Å². The second-order valence-corrected chi connectivity index (χ2v) is 8.04. The van der Waals surface area contributed by atoms with Crippen molar-refractivity contribution >= 4 is 16.2 Å². The second-order valence-electron chi connectivity index (χ2n) is 6.51. The molecular weight excluding hydrogens is 339 g/mol. The highest BCUT2D eigenvalue weighted by Crippen LogP contribution is 2.38. The lowest BCUT2D eigenvalue weighted by Crippen LogP contribution is -2.46. The zero-order valence-corrected chi connectivity index (χ0v) is 13.7. The third kappa shape index (κ3) is 3.91. The molecule has 0 aromatic carbocycles. The third-order valence-corrected chi connectivity index (χ3v) is 4.47. The number of carbonyl (C=O) groups excluding carboxylic acids is 1. The van der Waals surface area contributed by atoms with E-state index in [1.807, 2.05) is 0 Å². The summed E-state index contributed by atoms with van der Waals surface area (Å²) in [5.41, 5.74) is -6.17. The summed E-state index contributed by atoms with van der Waals surface area (Å²) in [6.07, 6.45) is 1.64. The Morgan fingerprint density at radius 3 is 2.35 bits per heavy atom. The van der Waals surface area contributed by atoms with Gasteiger partial charge in [0.15, 0.2) is 0 Å². The molecule has 2 aliphatic heterocycles. The Bertz CT molecular complexity index is 621. The van der Waals surface area contributed by atoms with Gasteiger partial charge in [-0.05, 0) is 39.7 Å². The molecule has 0 saturated carbocycles. The molecule has 132 valence electrons. The topological polar surface area (TPSA) is 72.9 Å². The Morgan fingerprint density at radius 2 is 1.87 bits per heavy atom. The number of ether oxygens (including phenoxy) is 1. The van der Waals surface area contributed by atoms with Crippen LogP contribution >= 0.6 is 0 Å². The van der Waals surface area contributed by atoms with Gasteiger partial charge in [0.1, 0.15) is 11.4 Å². The van der Waals surface area contributed by atoms with Crippen LogP contribution in [-0.2, 0) is 19.0 Å². The van der Waals surface area contributed by atoms with E-state index in [-0.39, 0.29) is 12.2 Å². The van der Waals surface area contributed by atoms with Crippen LogP contribution < -0.4 is 0 Å². The SMILES string of the molecule is CC(C)(C)OC(=O)N1[C@H]2CC[C@@H]1C=C(OS(=O)(=O)C(F)(F)F)C2. The predicted octanol–water partition coefficient (Wildman–Crippen LogP) is 2.91. The summed E-state index contributed by atoms with van der Waals surface area (Å²) in [5.74, 6) is -0.283. The van der Waals surface area contributed by atoms with Crippen LogP contribution in [0.5, 0.6) is 0 Å². The first kappa shape index (κ1) is 17.9. The molecule has 1 fully saturated rings. The van der Waals surface area contributed by atoms with Crippen LogP contribution in [0.15, 0.2) is 11.8 Å². The van der Waals surface area contributed by atoms with Crippen LogP contribution in [0, 0.1) is 0 Å². The van der Waals surface area contributed by atoms with Crippen molar-refractivity contribution in [3.63, 3.8) is 0 Å². The molecule has 0 N–H and O–H groups in total. The molecule has 0 radical (unpaired) electrons. The van der Waals surface area contributed by atoms with Crippen LogP contribution in [0.25, 0.3) is 0 Å². The summed E-state index contributed by atoms with van der Waals surface area (Å²) in [7, 11) is -5.69. The largest absolute Gasteiger partial charge is 0.534 e. The molecule has 0 aromatic heterocycles. The molecule has 2 bridgehead atoms. The van der Waals surface area contributed by atoms with Gasteiger partial charge in [0.2, 0.25) is 0 Å². The molecule has 1 saturated heterocycles. The first-order chi connectivity index (χ1) is 10.3. The Hall–Kier alpha value is -1.45. The van der Waals surface area contributed by atoms with E-state index in [1.165, 1.54) is 11.0 Å². The average Bonchev–Trinajstić information content (AvgIpc) is 2.57. The number of nitrogens with zero attached hydrogens (tertiary/aromatic N) is 1. The minimum absolute atomic E-state index is 0.0922. The highest BCUT2D eigenvalue weighted by Gasteiger charge is 2.50. The smallest absolute Gasteiger partial charge is 0.444 e. The highest BCUT2D eigenvalue weighted by atomic mass is 32.2. The lowest BCUT2D eigenvalue weighted by Gasteiger charge is -2.34. The fourth-order valence-electron chi connectivity index (χ4n) is 2.64. The lowest BCUT2D eigenvalue weighted by molar-refractivity contribution is -0.0528. The third-order valence-electron chi connectivity index (χ3n) is 3.47. The van der Waals surface area contributed by atoms with Gasteiger partial charge in [0.25, 0.3) is 0 Å². The van der Waals surface area contributed by atoms with E-state index in [9.17, 15) is 26.4 Å². The summed E-state index contributed by atoms with van der Waals surface area (Å²) >= 11 is 0. The summed E-state index contributed by atoms with van der Waals surface area (Å²) in [6.45, 7) is 5.12. The molecule has 23 heavy (non-hydrogen) atoms. The molecule has 2 heterocycles. The number of fused-ring (bicyclic) bond motifs is 2. The molecule has 0 unspecified atom stereocenters. The number of hydrogen-bond donors (Lipinski definition) is 0. The van der Waals surface area contributed by atoms with Gasteiger partial charge in [-0.3, -0.25) is 4.90 Å². The number of amides is 1. The van der Waals surface area contributed by atoms with Crippen molar-refractivity contribution in [3.8, 4) is 0 Å². The Kier molecular flexibility index (Phi) is 4.33. The molecule has 0 spiro atoms. The van der Waals surface area contributed by atoms with Crippen molar-refractivity contribution in [1.82, 2.24) is 4.90 Å². The normalized spacial score (nSPS) is 25.1. The van der Waals surface area contributed by atoms with Gasteiger partial charge in [-0.15, -0.1) is 0 Å². The zero-order chi connectivity index (χ0) is 17.6. The van der Waals surface area contributed by atoms with Gasteiger partial charge in [-0.25, -0.2) is 4.79 Å². The van der Waals surface area contributed by atoms with Crippen LogP contribution in [0.1, 0.15) is 40.0 Å². The van der Waals surface area contributed by atoms with Crippen molar-refractivity contribution in [3.05, 3.63) is 11.8 Å². The van der Waals surface area contributed by atoms with E-state index in [1.54, 1.807) is 20.8 Å². The zero-order valence-electron chi connectivity index (χ0n) is 12.9. The minimum Gasteiger partial charge on any atom is -0.444 e. The molecule has 1 amide bonds. The van der Waals surface area contributed by atoms with Crippen molar-refractivity contribution in [2.24, 2.45) is 0 Å². The van der Waals surface area contributed by atoms with Gasteiger partial charge in [-0.1, -0.05) is 0 Å². The second kappa shape index (κ2) is 5.57. The molecule has 2 atom stereocenters. The standard InChI is InChI=1S/C13H18F3NO5S/c1-12(2,3)21-11(18)17-8-4-5-9(17)7-10(6-8)22-23(19,20)13(14,15)16/h6,8-9H,4-5,7H2,1-3H3/t8-,9+/m1/s1. The molecular formula is C13H18F3NO5S. The fraction of sp³-hybridized carbons (Fsp3) is 0.769. The van der Waals surface area contributed by atoms with E-state index in [2.05, 4.69) is 4.18 Å². The monoisotopic (exact) mass is 357 g/mol. The maximum absolute atomic E-state index is 12.4. The van der Waals surface area contributed by atoms with E-state index >= 15 is 0 Å². The van der Waals surface area contributed by atoms with E-state index < -0.39 is 39.4 Å². The number of rotatable bonds is 2. The van der Waals surface area contributed by atoms with Crippen LogP contribution in [0.2, 0.25) is 0 Å². The van der Waals surface area contributed by atoms with Crippen molar-refractivity contribution < 1.29 is 35.3 Å². The van der Waals surface area contributed by atoms with Crippen molar-refractivity contribution in [1.29, 1.82) is 0 Å². The maximum atomic E-state index is 12.4. The first-order valence-electron chi connectivity index (χ1n) is 7.03. The first-order valence-corrected chi connectivity index (χ1v) is 8.44. The summed E-state index contributed by atoms with van der Waals surface area (Å²) in [5, 5.41) is 0.